The third-order valence-corrected chi connectivity index (χ3v) is 3.80. The molecule has 4 heteroatoms. The molecule has 0 heterocycles. The maximum absolute atomic E-state index is 13.7. The molecule has 0 aromatic heterocycles. The molecule has 1 atom stereocenters. The first-order valence-electron chi connectivity index (χ1n) is 5.90. The minimum absolute atomic E-state index is 0.336. The van der Waals surface area contributed by atoms with E-state index in [1.807, 2.05) is 24.3 Å². The van der Waals surface area contributed by atoms with E-state index in [1.54, 1.807) is 26.2 Å². The number of hydrogen-bond donors (Lipinski definition) is 1. The highest BCUT2D eigenvalue weighted by Crippen LogP contribution is 2.35. The van der Waals surface area contributed by atoms with Gasteiger partial charge in [-0.1, -0.05) is 17.8 Å². The van der Waals surface area contributed by atoms with Gasteiger partial charge in [0.15, 0.2) is 0 Å². The quantitative estimate of drug-likeness (QED) is 0.915. The fourth-order valence-corrected chi connectivity index (χ4v) is 2.83. The van der Waals surface area contributed by atoms with E-state index in [0.29, 0.717) is 5.56 Å². The molecule has 0 aliphatic carbocycles. The molecule has 0 aliphatic rings. The zero-order valence-corrected chi connectivity index (χ0v) is 11.6. The van der Waals surface area contributed by atoms with Crippen LogP contribution in [0.2, 0.25) is 0 Å². The SMILES string of the molecule is COc1ccc(Sc2cccc(F)c2C(C)O)cc1. The van der Waals surface area contributed by atoms with Crippen molar-refractivity contribution in [2.45, 2.75) is 22.8 Å². The summed E-state index contributed by atoms with van der Waals surface area (Å²) < 4.78 is 18.8. The van der Waals surface area contributed by atoms with E-state index in [0.717, 1.165) is 15.5 Å². The Kier molecular flexibility index (Phi) is 4.45. The van der Waals surface area contributed by atoms with Crippen molar-refractivity contribution in [1.82, 2.24) is 0 Å². The van der Waals surface area contributed by atoms with Crippen LogP contribution in [0.4, 0.5) is 4.39 Å². The Bertz CT molecular complexity index is 553. The lowest BCUT2D eigenvalue weighted by molar-refractivity contribution is 0.191. The van der Waals surface area contributed by atoms with Gasteiger partial charge in [0.2, 0.25) is 0 Å². The number of rotatable bonds is 4. The number of benzene rings is 2. The fraction of sp³-hybridized carbons (Fsp3) is 0.200. The van der Waals surface area contributed by atoms with Gasteiger partial charge < -0.3 is 9.84 Å². The first kappa shape index (κ1) is 13.9. The summed E-state index contributed by atoms with van der Waals surface area (Å²) in [7, 11) is 1.61. The highest BCUT2D eigenvalue weighted by molar-refractivity contribution is 7.99. The molecule has 2 rings (SSSR count). The lowest BCUT2D eigenvalue weighted by atomic mass is 10.1. The van der Waals surface area contributed by atoms with Crippen LogP contribution in [-0.2, 0) is 0 Å². The van der Waals surface area contributed by atoms with E-state index in [9.17, 15) is 9.50 Å². The van der Waals surface area contributed by atoms with E-state index >= 15 is 0 Å². The van der Waals surface area contributed by atoms with Crippen molar-refractivity contribution in [2.75, 3.05) is 7.11 Å². The Morgan fingerprint density at radius 2 is 1.84 bits per heavy atom. The lowest BCUT2D eigenvalue weighted by Crippen LogP contribution is -1.98. The van der Waals surface area contributed by atoms with Gasteiger partial charge >= 0.3 is 0 Å². The van der Waals surface area contributed by atoms with Crippen molar-refractivity contribution in [3.8, 4) is 5.75 Å². The highest BCUT2D eigenvalue weighted by atomic mass is 32.2. The molecule has 0 amide bonds. The van der Waals surface area contributed by atoms with Crippen molar-refractivity contribution in [2.24, 2.45) is 0 Å². The largest absolute Gasteiger partial charge is 0.497 e. The summed E-state index contributed by atoms with van der Waals surface area (Å²) in [5, 5.41) is 9.67. The van der Waals surface area contributed by atoms with E-state index in [1.165, 1.54) is 17.8 Å². The predicted molar refractivity (Wildman–Crippen MR) is 74.2 cm³/mol. The fourth-order valence-electron chi connectivity index (χ4n) is 1.78. The predicted octanol–water partition coefficient (Wildman–Crippen LogP) is 4.04. The molecule has 19 heavy (non-hydrogen) atoms. The van der Waals surface area contributed by atoms with E-state index in [-0.39, 0.29) is 5.82 Å². The van der Waals surface area contributed by atoms with Crippen LogP contribution in [0.15, 0.2) is 52.3 Å². The molecule has 0 saturated heterocycles. The first-order chi connectivity index (χ1) is 9.11. The number of aliphatic hydroxyl groups is 1. The summed E-state index contributed by atoms with van der Waals surface area (Å²) >= 11 is 1.42. The van der Waals surface area contributed by atoms with E-state index < -0.39 is 6.10 Å². The smallest absolute Gasteiger partial charge is 0.130 e. The Balaban J connectivity index is 2.29. The highest BCUT2D eigenvalue weighted by Gasteiger charge is 2.14. The molecule has 2 nitrogen and oxygen atoms in total. The third kappa shape index (κ3) is 3.28. The molecule has 1 unspecified atom stereocenters. The van der Waals surface area contributed by atoms with Crippen LogP contribution >= 0.6 is 11.8 Å². The molecule has 0 saturated carbocycles. The van der Waals surface area contributed by atoms with Crippen LogP contribution in [0.25, 0.3) is 0 Å². The molecular formula is C15H15FO2S. The van der Waals surface area contributed by atoms with Crippen molar-refractivity contribution in [3.05, 3.63) is 53.8 Å². The molecule has 2 aromatic carbocycles. The van der Waals surface area contributed by atoms with Gasteiger partial charge in [-0.3, -0.25) is 0 Å². The van der Waals surface area contributed by atoms with Crippen LogP contribution in [0.5, 0.6) is 5.75 Å². The zero-order chi connectivity index (χ0) is 13.8. The number of halogens is 1. The topological polar surface area (TPSA) is 29.5 Å². The van der Waals surface area contributed by atoms with Crippen molar-refractivity contribution >= 4 is 11.8 Å². The van der Waals surface area contributed by atoms with Gasteiger partial charge in [0.05, 0.1) is 13.2 Å². The molecule has 0 aliphatic heterocycles. The molecule has 100 valence electrons. The average Bonchev–Trinajstić information content (AvgIpc) is 2.39. The molecule has 0 fully saturated rings. The van der Waals surface area contributed by atoms with Crippen LogP contribution in [0.1, 0.15) is 18.6 Å². The van der Waals surface area contributed by atoms with Gasteiger partial charge in [0, 0.05) is 15.4 Å². The minimum Gasteiger partial charge on any atom is -0.497 e. The number of aliphatic hydroxyl groups excluding tert-OH is 1. The van der Waals surface area contributed by atoms with Crippen molar-refractivity contribution in [1.29, 1.82) is 0 Å². The van der Waals surface area contributed by atoms with Crippen LogP contribution < -0.4 is 4.74 Å². The Morgan fingerprint density at radius 1 is 1.16 bits per heavy atom. The van der Waals surface area contributed by atoms with Crippen LogP contribution in [0.3, 0.4) is 0 Å². The Morgan fingerprint density at radius 3 is 2.42 bits per heavy atom. The standard InChI is InChI=1S/C15H15FO2S/c1-10(17)15-13(16)4-3-5-14(15)19-12-8-6-11(18-2)7-9-12/h3-10,17H,1-2H3. The maximum Gasteiger partial charge on any atom is 0.130 e. The van der Waals surface area contributed by atoms with Crippen molar-refractivity contribution in [3.63, 3.8) is 0 Å². The summed E-state index contributed by atoms with van der Waals surface area (Å²) in [6.07, 6.45) is -0.832. The molecular weight excluding hydrogens is 263 g/mol. The van der Waals surface area contributed by atoms with Crippen molar-refractivity contribution < 1.29 is 14.2 Å². The normalized spacial score (nSPS) is 12.2. The third-order valence-electron chi connectivity index (χ3n) is 2.72. The van der Waals surface area contributed by atoms with Gasteiger partial charge in [0.25, 0.3) is 0 Å². The number of ether oxygens (including phenoxy) is 1. The second-order valence-corrected chi connectivity index (χ2v) is 5.22. The second-order valence-electron chi connectivity index (χ2n) is 4.11. The Hall–Kier alpha value is -1.52. The van der Waals surface area contributed by atoms with Gasteiger partial charge in [-0.15, -0.1) is 0 Å². The monoisotopic (exact) mass is 278 g/mol. The summed E-state index contributed by atoms with van der Waals surface area (Å²) in [5.41, 5.74) is 0.336. The molecule has 0 bridgehead atoms. The zero-order valence-electron chi connectivity index (χ0n) is 10.8. The summed E-state index contributed by atoms with van der Waals surface area (Å²) in [4.78, 5) is 1.69. The van der Waals surface area contributed by atoms with Gasteiger partial charge in [-0.25, -0.2) is 4.39 Å². The summed E-state index contributed by atoms with van der Waals surface area (Å²) in [6.45, 7) is 1.57. The molecule has 0 spiro atoms. The second kappa shape index (κ2) is 6.08. The minimum atomic E-state index is -0.832. The number of methoxy groups -OCH3 is 1. The first-order valence-corrected chi connectivity index (χ1v) is 6.72. The lowest BCUT2D eigenvalue weighted by Gasteiger charge is -2.12. The van der Waals surface area contributed by atoms with Crippen LogP contribution in [0, 0.1) is 5.82 Å². The van der Waals surface area contributed by atoms with E-state index in [2.05, 4.69) is 0 Å². The Labute approximate surface area is 116 Å². The van der Waals surface area contributed by atoms with Gasteiger partial charge in [-0.2, -0.15) is 0 Å². The van der Waals surface area contributed by atoms with Gasteiger partial charge in [-0.05, 0) is 43.3 Å². The maximum atomic E-state index is 13.7. The molecule has 2 aromatic rings. The van der Waals surface area contributed by atoms with Crippen LogP contribution in [-0.4, -0.2) is 12.2 Å². The van der Waals surface area contributed by atoms with Gasteiger partial charge in [0.1, 0.15) is 11.6 Å². The number of hydrogen-bond acceptors (Lipinski definition) is 3. The van der Waals surface area contributed by atoms with E-state index in [4.69, 9.17) is 4.74 Å². The molecule has 0 radical (unpaired) electrons. The summed E-state index contributed by atoms with van der Waals surface area (Å²) in [5.74, 6) is 0.396. The summed E-state index contributed by atoms with van der Waals surface area (Å²) in [6, 6.07) is 12.3. The average molecular weight is 278 g/mol. The molecule has 1 N–H and O–H groups in total.